The average molecular weight is 280 g/mol. The van der Waals surface area contributed by atoms with Crippen LogP contribution in [0.3, 0.4) is 0 Å². The minimum Gasteiger partial charge on any atom is -0.507 e. The Morgan fingerprint density at radius 2 is 2.15 bits per heavy atom. The highest BCUT2D eigenvalue weighted by atomic mass is 19.1. The van der Waals surface area contributed by atoms with Crippen LogP contribution in [0.4, 0.5) is 4.39 Å². The van der Waals surface area contributed by atoms with Crippen molar-refractivity contribution < 1.29 is 14.3 Å². The van der Waals surface area contributed by atoms with Gasteiger partial charge in [-0.1, -0.05) is 0 Å². The van der Waals surface area contributed by atoms with Crippen molar-refractivity contribution in [2.45, 2.75) is 19.3 Å². The number of nitrogens with zero attached hydrogens (tertiary/aromatic N) is 1. The summed E-state index contributed by atoms with van der Waals surface area (Å²) in [7, 11) is 1.71. The molecular weight excluding hydrogens is 259 g/mol. The summed E-state index contributed by atoms with van der Waals surface area (Å²) in [5, 5.41) is 12.9. The molecule has 1 fully saturated rings. The molecule has 0 unspecified atom stereocenters. The first-order chi connectivity index (χ1) is 9.58. The van der Waals surface area contributed by atoms with Crippen LogP contribution in [0.25, 0.3) is 0 Å². The fourth-order valence-corrected chi connectivity index (χ4v) is 2.54. The lowest BCUT2D eigenvalue weighted by molar-refractivity contribution is 0.0781. The van der Waals surface area contributed by atoms with Crippen molar-refractivity contribution in [2.24, 2.45) is 5.92 Å². The topological polar surface area (TPSA) is 52.6 Å². The number of phenols is 1. The fraction of sp³-hybridized carbons (Fsp3) is 0.533. The summed E-state index contributed by atoms with van der Waals surface area (Å²) in [5.41, 5.74) is 0.152. The zero-order valence-electron chi connectivity index (χ0n) is 11.7. The van der Waals surface area contributed by atoms with E-state index in [0.29, 0.717) is 12.5 Å². The van der Waals surface area contributed by atoms with Gasteiger partial charge >= 0.3 is 0 Å². The summed E-state index contributed by atoms with van der Waals surface area (Å²) < 4.78 is 12.9. The summed E-state index contributed by atoms with van der Waals surface area (Å²) >= 11 is 0. The largest absolute Gasteiger partial charge is 0.507 e. The summed E-state index contributed by atoms with van der Waals surface area (Å²) in [4.78, 5) is 13.8. The predicted molar refractivity (Wildman–Crippen MR) is 75.2 cm³/mol. The number of hydrogen-bond acceptors (Lipinski definition) is 3. The number of aromatic hydroxyl groups is 1. The Morgan fingerprint density at radius 1 is 1.45 bits per heavy atom. The molecule has 0 aliphatic carbocycles. The molecular formula is C15H21FN2O2. The number of carbonyl (C=O) groups excluding carboxylic acids is 1. The molecule has 1 aliphatic heterocycles. The van der Waals surface area contributed by atoms with Crippen LogP contribution < -0.4 is 5.32 Å². The van der Waals surface area contributed by atoms with E-state index in [-0.39, 0.29) is 17.2 Å². The Hall–Kier alpha value is -1.62. The fourth-order valence-electron chi connectivity index (χ4n) is 2.54. The van der Waals surface area contributed by atoms with Gasteiger partial charge in [0.25, 0.3) is 5.91 Å². The number of piperidine rings is 1. The molecule has 1 aliphatic rings. The van der Waals surface area contributed by atoms with Gasteiger partial charge in [-0.05, 0) is 50.4 Å². The standard InChI is InChI=1S/C15H21FN2O2/c1-18(9-6-11-4-7-17-8-5-11)15(20)13-3-2-12(16)10-14(13)19/h2-3,10-11,17,19H,4-9H2,1H3. The van der Waals surface area contributed by atoms with Crippen molar-refractivity contribution >= 4 is 5.91 Å². The molecule has 2 rings (SSSR count). The lowest BCUT2D eigenvalue weighted by Gasteiger charge is -2.25. The molecule has 2 N–H and O–H groups in total. The van der Waals surface area contributed by atoms with Crippen LogP contribution in [0.2, 0.25) is 0 Å². The molecule has 4 nitrogen and oxygen atoms in total. The minimum atomic E-state index is -0.545. The Labute approximate surface area is 118 Å². The monoisotopic (exact) mass is 280 g/mol. The van der Waals surface area contributed by atoms with E-state index in [9.17, 15) is 14.3 Å². The van der Waals surface area contributed by atoms with E-state index in [2.05, 4.69) is 5.32 Å². The van der Waals surface area contributed by atoms with E-state index < -0.39 is 5.82 Å². The van der Waals surface area contributed by atoms with Gasteiger partial charge in [0.15, 0.2) is 0 Å². The molecule has 0 spiro atoms. The molecule has 0 atom stereocenters. The highest BCUT2D eigenvalue weighted by Crippen LogP contribution is 2.21. The Morgan fingerprint density at radius 3 is 2.80 bits per heavy atom. The Bertz CT molecular complexity index is 473. The van der Waals surface area contributed by atoms with Crippen LogP contribution in [0.15, 0.2) is 18.2 Å². The van der Waals surface area contributed by atoms with Gasteiger partial charge in [0.2, 0.25) is 0 Å². The van der Waals surface area contributed by atoms with Gasteiger partial charge in [0.1, 0.15) is 11.6 Å². The van der Waals surface area contributed by atoms with Gasteiger partial charge in [-0.2, -0.15) is 0 Å². The third-order valence-corrected chi connectivity index (χ3v) is 3.87. The maximum Gasteiger partial charge on any atom is 0.257 e. The van der Waals surface area contributed by atoms with Crippen LogP contribution in [0.5, 0.6) is 5.75 Å². The van der Waals surface area contributed by atoms with Crippen LogP contribution in [-0.4, -0.2) is 42.6 Å². The van der Waals surface area contributed by atoms with E-state index in [1.54, 1.807) is 11.9 Å². The van der Waals surface area contributed by atoms with E-state index in [4.69, 9.17) is 0 Å². The van der Waals surface area contributed by atoms with Crippen molar-refractivity contribution in [2.75, 3.05) is 26.7 Å². The molecule has 0 aromatic heterocycles. The second-order valence-corrected chi connectivity index (χ2v) is 5.37. The summed E-state index contributed by atoms with van der Waals surface area (Å²) in [6, 6.07) is 3.48. The second-order valence-electron chi connectivity index (χ2n) is 5.37. The molecule has 5 heteroatoms. The number of hydrogen-bond donors (Lipinski definition) is 2. The molecule has 0 radical (unpaired) electrons. The zero-order chi connectivity index (χ0) is 14.5. The third kappa shape index (κ3) is 3.70. The number of amides is 1. The van der Waals surface area contributed by atoms with E-state index in [1.807, 2.05) is 0 Å². The highest BCUT2D eigenvalue weighted by molar-refractivity contribution is 5.96. The number of nitrogens with one attached hydrogen (secondary N) is 1. The number of benzene rings is 1. The molecule has 0 saturated carbocycles. The Balaban J connectivity index is 1.90. The third-order valence-electron chi connectivity index (χ3n) is 3.87. The normalized spacial score (nSPS) is 16.1. The van der Waals surface area contributed by atoms with Crippen molar-refractivity contribution in [3.63, 3.8) is 0 Å². The van der Waals surface area contributed by atoms with Gasteiger partial charge in [-0.15, -0.1) is 0 Å². The minimum absolute atomic E-state index is 0.152. The van der Waals surface area contributed by atoms with Crippen molar-refractivity contribution in [1.29, 1.82) is 0 Å². The van der Waals surface area contributed by atoms with Crippen molar-refractivity contribution in [3.05, 3.63) is 29.6 Å². The van der Waals surface area contributed by atoms with E-state index >= 15 is 0 Å². The number of rotatable bonds is 4. The first-order valence-electron chi connectivity index (χ1n) is 7.02. The Kier molecular flexibility index (Phi) is 4.95. The number of phenolic OH excluding ortho intramolecular Hbond substituents is 1. The van der Waals surface area contributed by atoms with Crippen LogP contribution in [0, 0.1) is 11.7 Å². The van der Waals surface area contributed by atoms with Crippen LogP contribution in [0.1, 0.15) is 29.6 Å². The zero-order valence-corrected chi connectivity index (χ0v) is 11.7. The number of halogens is 1. The van der Waals surface area contributed by atoms with Crippen molar-refractivity contribution in [1.82, 2.24) is 10.2 Å². The molecule has 20 heavy (non-hydrogen) atoms. The van der Waals surface area contributed by atoms with Gasteiger partial charge in [-0.25, -0.2) is 4.39 Å². The first-order valence-corrected chi connectivity index (χ1v) is 7.02. The first kappa shape index (κ1) is 14.8. The molecule has 1 amide bonds. The average Bonchev–Trinajstić information content (AvgIpc) is 2.45. The quantitative estimate of drug-likeness (QED) is 0.887. The maximum atomic E-state index is 12.9. The number of carbonyl (C=O) groups is 1. The van der Waals surface area contributed by atoms with Crippen molar-refractivity contribution in [3.8, 4) is 5.75 Å². The van der Waals surface area contributed by atoms with Gasteiger partial charge in [-0.3, -0.25) is 4.79 Å². The summed E-state index contributed by atoms with van der Waals surface area (Å²) in [5.74, 6) is -0.468. The molecule has 1 saturated heterocycles. The lowest BCUT2D eigenvalue weighted by atomic mass is 9.94. The van der Waals surface area contributed by atoms with Gasteiger partial charge in [0.05, 0.1) is 5.56 Å². The lowest BCUT2D eigenvalue weighted by Crippen LogP contribution is -2.32. The predicted octanol–water partition coefficient (Wildman–Crippen LogP) is 1.99. The SMILES string of the molecule is CN(CCC1CCNCC1)C(=O)c1ccc(F)cc1O. The van der Waals surface area contributed by atoms with E-state index in [0.717, 1.165) is 38.4 Å². The van der Waals surface area contributed by atoms with Crippen LogP contribution in [-0.2, 0) is 0 Å². The van der Waals surface area contributed by atoms with E-state index in [1.165, 1.54) is 12.1 Å². The maximum absolute atomic E-state index is 12.9. The van der Waals surface area contributed by atoms with Gasteiger partial charge < -0.3 is 15.3 Å². The van der Waals surface area contributed by atoms with Crippen LogP contribution >= 0.6 is 0 Å². The molecule has 1 aromatic rings. The molecule has 1 aromatic carbocycles. The smallest absolute Gasteiger partial charge is 0.257 e. The second kappa shape index (κ2) is 6.70. The molecule has 1 heterocycles. The van der Waals surface area contributed by atoms with Gasteiger partial charge in [0, 0.05) is 19.7 Å². The molecule has 0 bridgehead atoms. The summed E-state index contributed by atoms with van der Waals surface area (Å²) in [6.07, 6.45) is 3.25. The molecule has 110 valence electrons. The summed E-state index contributed by atoms with van der Waals surface area (Å²) in [6.45, 7) is 2.74. The highest BCUT2D eigenvalue weighted by Gasteiger charge is 2.18.